The van der Waals surface area contributed by atoms with Crippen LogP contribution in [-0.2, 0) is 11.2 Å². The van der Waals surface area contributed by atoms with E-state index in [2.05, 4.69) is 4.98 Å². The van der Waals surface area contributed by atoms with Crippen LogP contribution in [0.15, 0.2) is 12.3 Å². The molecule has 0 unspecified atom stereocenters. The summed E-state index contributed by atoms with van der Waals surface area (Å²) in [5, 5.41) is 8.52. The van der Waals surface area contributed by atoms with Gasteiger partial charge in [-0.2, -0.15) is 0 Å². The van der Waals surface area contributed by atoms with Crippen LogP contribution < -0.4 is 0 Å². The molecule has 3 nitrogen and oxygen atoms in total. The van der Waals surface area contributed by atoms with Crippen LogP contribution in [-0.4, -0.2) is 16.1 Å². The van der Waals surface area contributed by atoms with E-state index < -0.39 is 18.8 Å². The Labute approximate surface area is 92.3 Å². The summed E-state index contributed by atoms with van der Waals surface area (Å²) in [5.41, 5.74) is -0.164. The Bertz CT molecular complexity index is 357. The fraction of sp³-hybridized carbons (Fsp3) is 0.250. The number of carboxylic acids is 1. The minimum atomic E-state index is -2.67. The van der Waals surface area contributed by atoms with Crippen molar-refractivity contribution in [3.8, 4) is 0 Å². The minimum Gasteiger partial charge on any atom is -0.481 e. The molecule has 14 heavy (non-hydrogen) atoms. The van der Waals surface area contributed by atoms with Crippen LogP contribution in [0.5, 0.6) is 0 Å². The largest absolute Gasteiger partial charge is 0.481 e. The first kappa shape index (κ1) is 11.3. The third-order valence-corrected chi connectivity index (χ3v) is 2.53. The van der Waals surface area contributed by atoms with Crippen molar-refractivity contribution in [2.75, 3.05) is 0 Å². The predicted octanol–water partition coefficient (Wildman–Crippen LogP) is 2.25. The average Bonchev–Trinajstić information content (AvgIpc) is 2.07. The molecular weight excluding hydrogens is 307 g/mol. The van der Waals surface area contributed by atoms with Crippen LogP contribution in [0.3, 0.4) is 0 Å². The lowest BCUT2D eigenvalue weighted by molar-refractivity contribution is -0.136. The van der Waals surface area contributed by atoms with E-state index in [1.54, 1.807) is 22.6 Å². The van der Waals surface area contributed by atoms with Crippen LogP contribution >= 0.6 is 22.6 Å². The van der Waals surface area contributed by atoms with Crippen LogP contribution in [0.1, 0.15) is 17.6 Å². The quantitative estimate of drug-likeness (QED) is 0.688. The molecule has 1 N–H and O–H groups in total. The number of carboxylic acid groups (broad SMARTS) is 1. The number of halogens is 3. The van der Waals surface area contributed by atoms with Crippen molar-refractivity contribution in [2.45, 2.75) is 12.8 Å². The highest BCUT2D eigenvalue weighted by Gasteiger charge is 2.17. The number of hydrogen-bond acceptors (Lipinski definition) is 2. The molecule has 1 aromatic rings. The molecule has 0 aromatic carbocycles. The summed E-state index contributed by atoms with van der Waals surface area (Å²) in [6, 6.07) is 1.14. The highest BCUT2D eigenvalue weighted by molar-refractivity contribution is 14.1. The molecule has 0 saturated carbocycles. The summed E-state index contributed by atoms with van der Waals surface area (Å²) < 4.78 is 25.2. The van der Waals surface area contributed by atoms with Gasteiger partial charge in [0, 0.05) is 17.3 Å². The van der Waals surface area contributed by atoms with E-state index in [0.717, 1.165) is 6.07 Å². The summed E-state index contributed by atoms with van der Waals surface area (Å²) >= 11 is 1.74. The third-order valence-electron chi connectivity index (χ3n) is 1.60. The first-order valence-corrected chi connectivity index (χ1v) is 4.73. The van der Waals surface area contributed by atoms with E-state index in [1.807, 2.05) is 0 Å². The molecule has 0 aliphatic rings. The second-order valence-electron chi connectivity index (χ2n) is 2.54. The molecule has 0 bridgehead atoms. The normalized spacial score (nSPS) is 10.6. The van der Waals surface area contributed by atoms with Gasteiger partial charge in [0.2, 0.25) is 0 Å². The van der Waals surface area contributed by atoms with Crippen LogP contribution in [0.2, 0.25) is 0 Å². The average molecular weight is 313 g/mol. The van der Waals surface area contributed by atoms with Crippen molar-refractivity contribution >= 4 is 28.6 Å². The predicted molar refractivity (Wildman–Crippen MR) is 53.3 cm³/mol. The van der Waals surface area contributed by atoms with Gasteiger partial charge in [-0.05, 0) is 28.7 Å². The van der Waals surface area contributed by atoms with Crippen molar-refractivity contribution in [2.24, 2.45) is 0 Å². The van der Waals surface area contributed by atoms with Gasteiger partial charge in [-0.15, -0.1) is 0 Å². The van der Waals surface area contributed by atoms with Gasteiger partial charge in [0.1, 0.15) is 3.70 Å². The molecular formula is C8H6F2INO2. The summed E-state index contributed by atoms with van der Waals surface area (Å²) in [6.07, 6.45) is -1.85. The zero-order valence-electron chi connectivity index (χ0n) is 6.88. The second-order valence-corrected chi connectivity index (χ2v) is 3.56. The molecule has 0 saturated heterocycles. The molecule has 0 aliphatic heterocycles. The Morgan fingerprint density at radius 1 is 1.64 bits per heavy atom. The van der Waals surface area contributed by atoms with Crippen molar-refractivity contribution in [1.29, 1.82) is 0 Å². The number of alkyl halides is 2. The lowest BCUT2D eigenvalue weighted by Crippen LogP contribution is -2.07. The Morgan fingerprint density at radius 2 is 2.29 bits per heavy atom. The van der Waals surface area contributed by atoms with Gasteiger partial charge in [-0.25, -0.2) is 8.78 Å². The van der Waals surface area contributed by atoms with Crippen LogP contribution in [0, 0.1) is 3.70 Å². The fourth-order valence-corrected chi connectivity index (χ4v) is 1.67. The molecule has 0 aliphatic carbocycles. The smallest absolute Gasteiger partial charge is 0.307 e. The third kappa shape index (κ3) is 2.60. The van der Waals surface area contributed by atoms with Crippen molar-refractivity contribution in [3.63, 3.8) is 0 Å². The van der Waals surface area contributed by atoms with E-state index in [0.29, 0.717) is 3.70 Å². The fourth-order valence-electron chi connectivity index (χ4n) is 1.01. The zero-order valence-corrected chi connectivity index (χ0v) is 9.03. The van der Waals surface area contributed by atoms with E-state index in [4.69, 9.17) is 5.11 Å². The molecule has 1 heterocycles. The number of hydrogen-bond donors (Lipinski definition) is 1. The monoisotopic (exact) mass is 313 g/mol. The van der Waals surface area contributed by atoms with E-state index in [-0.39, 0.29) is 11.1 Å². The number of aliphatic carboxylic acids is 1. The summed E-state index contributed by atoms with van der Waals surface area (Å²) in [4.78, 5) is 14.2. The Morgan fingerprint density at radius 3 is 2.79 bits per heavy atom. The van der Waals surface area contributed by atoms with Gasteiger partial charge in [0.15, 0.2) is 0 Å². The Kier molecular flexibility index (Phi) is 3.73. The van der Waals surface area contributed by atoms with Crippen LogP contribution in [0.25, 0.3) is 0 Å². The zero-order chi connectivity index (χ0) is 10.7. The standard InChI is InChI=1S/C8H6F2INO2/c9-7(10)4-1-2-12-8(11)5(4)3-6(13)14/h1-2,7H,3H2,(H,13,14). The summed E-state index contributed by atoms with van der Waals surface area (Å²) in [6.45, 7) is 0. The maximum atomic E-state index is 12.4. The molecule has 0 atom stereocenters. The number of nitrogens with zero attached hydrogens (tertiary/aromatic N) is 1. The van der Waals surface area contributed by atoms with Gasteiger partial charge < -0.3 is 5.11 Å². The summed E-state index contributed by atoms with van der Waals surface area (Å²) in [5.74, 6) is -1.14. The van der Waals surface area contributed by atoms with Crippen molar-refractivity contribution in [1.82, 2.24) is 4.98 Å². The number of pyridine rings is 1. The molecule has 1 aromatic heterocycles. The number of rotatable bonds is 3. The topological polar surface area (TPSA) is 50.2 Å². The number of carbonyl (C=O) groups is 1. The van der Waals surface area contributed by atoms with E-state index in [1.165, 1.54) is 6.20 Å². The molecule has 0 spiro atoms. The van der Waals surface area contributed by atoms with E-state index >= 15 is 0 Å². The lowest BCUT2D eigenvalue weighted by Gasteiger charge is -2.07. The summed E-state index contributed by atoms with van der Waals surface area (Å²) in [7, 11) is 0. The van der Waals surface area contributed by atoms with Crippen LogP contribution in [0.4, 0.5) is 8.78 Å². The molecule has 0 amide bonds. The molecule has 76 valence electrons. The Hall–Kier alpha value is -0.790. The van der Waals surface area contributed by atoms with Gasteiger partial charge in [-0.3, -0.25) is 9.78 Å². The minimum absolute atomic E-state index is 0.0931. The van der Waals surface area contributed by atoms with Crippen molar-refractivity contribution in [3.05, 3.63) is 27.1 Å². The molecule has 6 heteroatoms. The highest BCUT2D eigenvalue weighted by atomic mass is 127. The lowest BCUT2D eigenvalue weighted by atomic mass is 10.1. The Balaban J connectivity index is 3.15. The van der Waals surface area contributed by atoms with Gasteiger partial charge >= 0.3 is 5.97 Å². The maximum Gasteiger partial charge on any atom is 0.307 e. The molecule has 0 fully saturated rings. The first-order chi connectivity index (χ1) is 6.52. The van der Waals surface area contributed by atoms with Gasteiger partial charge in [0.05, 0.1) is 6.42 Å². The van der Waals surface area contributed by atoms with Crippen molar-refractivity contribution < 1.29 is 18.7 Å². The van der Waals surface area contributed by atoms with Gasteiger partial charge in [-0.1, -0.05) is 0 Å². The SMILES string of the molecule is O=C(O)Cc1c(C(F)F)ccnc1I. The maximum absolute atomic E-state index is 12.4. The molecule has 1 rings (SSSR count). The van der Waals surface area contributed by atoms with E-state index in [9.17, 15) is 13.6 Å². The van der Waals surface area contributed by atoms with Gasteiger partial charge in [0.25, 0.3) is 6.43 Å². The number of aromatic nitrogens is 1. The molecule has 0 radical (unpaired) electrons. The highest BCUT2D eigenvalue weighted by Crippen LogP contribution is 2.25. The second kappa shape index (κ2) is 4.63. The first-order valence-electron chi connectivity index (χ1n) is 3.65.